The van der Waals surface area contributed by atoms with Gasteiger partial charge in [0.15, 0.2) is 0 Å². The van der Waals surface area contributed by atoms with Gasteiger partial charge in [0.2, 0.25) is 5.91 Å². The van der Waals surface area contributed by atoms with Gasteiger partial charge >= 0.3 is 0 Å². The molecule has 0 radical (unpaired) electrons. The van der Waals surface area contributed by atoms with Crippen molar-refractivity contribution in [3.63, 3.8) is 0 Å². The van der Waals surface area contributed by atoms with Crippen LogP contribution in [0.3, 0.4) is 0 Å². The molecule has 1 amide bonds. The molecule has 3 N–H and O–H groups in total. The van der Waals surface area contributed by atoms with Crippen LogP contribution in [-0.2, 0) is 9.53 Å². The number of nitrogens with one attached hydrogen (secondary N) is 1. The molecule has 0 saturated carbocycles. The maximum Gasteiger partial charge on any atom is 0.220 e. The first-order chi connectivity index (χ1) is 9.47. The third-order valence-corrected chi connectivity index (χ3v) is 3.63. The summed E-state index contributed by atoms with van der Waals surface area (Å²) in [5, 5.41) is 2.91. The maximum atomic E-state index is 11.7. The average molecular weight is 286 g/mol. The van der Waals surface area contributed by atoms with E-state index in [0.29, 0.717) is 43.9 Å². The fourth-order valence-corrected chi connectivity index (χ4v) is 2.11. The van der Waals surface area contributed by atoms with E-state index in [1.54, 1.807) is 0 Å². The lowest BCUT2D eigenvalue weighted by atomic mass is 9.88. The van der Waals surface area contributed by atoms with Gasteiger partial charge in [-0.15, -0.1) is 0 Å². The fourth-order valence-electron chi connectivity index (χ4n) is 2.11. The molecule has 0 aliphatic rings. The molecule has 4 nitrogen and oxygen atoms in total. The van der Waals surface area contributed by atoms with E-state index in [-0.39, 0.29) is 5.91 Å². The zero-order valence-corrected chi connectivity index (χ0v) is 13.8. The fraction of sp³-hybridized carbons (Fsp3) is 0.938. The van der Waals surface area contributed by atoms with Crippen LogP contribution >= 0.6 is 0 Å². The Morgan fingerprint density at radius 2 is 1.80 bits per heavy atom. The van der Waals surface area contributed by atoms with Gasteiger partial charge in [-0.25, -0.2) is 0 Å². The van der Waals surface area contributed by atoms with Gasteiger partial charge in [0.05, 0.1) is 6.61 Å². The quantitative estimate of drug-likeness (QED) is 0.542. The number of ether oxygens (including phenoxy) is 1. The van der Waals surface area contributed by atoms with Crippen molar-refractivity contribution in [2.75, 3.05) is 26.3 Å². The number of carbonyl (C=O) groups excluding carboxylic acids is 1. The van der Waals surface area contributed by atoms with E-state index >= 15 is 0 Å². The van der Waals surface area contributed by atoms with Crippen LogP contribution in [0.5, 0.6) is 0 Å². The summed E-state index contributed by atoms with van der Waals surface area (Å²) in [4.78, 5) is 11.7. The summed E-state index contributed by atoms with van der Waals surface area (Å²) in [7, 11) is 0. The Morgan fingerprint density at radius 3 is 2.35 bits per heavy atom. The predicted molar refractivity (Wildman–Crippen MR) is 84.5 cm³/mol. The molecule has 0 rings (SSSR count). The van der Waals surface area contributed by atoms with Gasteiger partial charge in [0.1, 0.15) is 0 Å². The highest BCUT2D eigenvalue weighted by atomic mass is 16.5. The maximum absolute atomic E-state index is 11.7. The van der Waals surface area contributed by atoms with Crippen molar-refractivity contribution in [1.82, 2.24) is 5.32 Å². The monoisotopic (exact) mass is 286 g/mol. The Labute approximate surface area is 124 Å². The predicted octanol–water partition coefficient (Wildman–Crippen LogP) is 2.57. The summed E-state index contributed by atoms with van der Waals surface area (Å²) < 4.78 is 5.47. The summed E-state index contributed by atoms with van der Waals surface area (Å²) in [5.74, 6) is 1.93. The van der Waals surface area contributed by atoms with Crippen molar-refractivity contribution < 1.29 is 9.53 Å². The van der Waals surface area contributed by atoms with Crippen molar-refractivity contribution in [2.24, 2.45) is 23.5 Å². The number of hydrogen-bond acceptors (Lipinski definition) is 3. The molecular formula is C16H34N2O2. The highest BCUT2D eigenvalue weighted by Gasteiger charge is 2.14. The van der Waals surface area contributed by atoms with E-state index in [9.17, 15) is 4.79 Å². The molecule has 0 saturated heterocycles. The second-order valence-electron chi connectivity index (χ2n) is 6.26. The van der Waals surface area contributed by atoms with Crippen LogP contribution in [0.4, 0.5) is 0 Å². The van der Waals surface area contributed by atoms with Crippen molar-refractivity contribution in [3.05, 3.63) is 0 Å². The third kappa shape index (κ3) is 11.2. The molecule has 0 heterocycles. The van der Waals surface area contributed by atoms with Gasteiger partial charge in [-0.1, -0.05) is 27.7 Å². The summed E-state index contributed by atoms with van der Waals surface area (Å²) in [6, 6.07) is 0. The standard InChI is InChI=1S/C16H34N2O2/c1-13(2)8-11-20-12-10-18-16(19)6-5-15(7-9-17)14(3)4/h13-15H,5-12,17H2,1-4H3,(H,18,19). The van der Waals surface area contributed by atoms with Crippen LogP contribution in [-0.4, -0.2) is 32.2 Å². The second-order valence-corrected chi connectivity index (χ2v) is 6.26. The van der Waals surface area contributed by atoms with Crippen LogP contribution in [0.15, 0.2) is 0 Å². The molecule has 0 spiro atoms. The first-order valence-corrected chi connectivity index (χ1v) is 8.01. The largest absolute Gasteiger partial charge is 0.380 e. The third-order valence-electron chi connectivity index (χ3n) is 3.63. The molecule has 4 heteroatoms. The van der Waals surface area contributed by atoms with Crippen molar-refractivity contribution in [3.8, 4) is 0 Å². The van der Waals surface area contributed by atoms with Crippen LogP contribution in [0.25, 0.3) is 0 Å². The molecule has 0 bridgehead atoms. The van der Waals surface area contributed by atoms with E-state index < -0.39 is 0 Å². The van der Waals surface area contributed by atoms with Crippen LogP contribution in [0.2, 0.25) is 0 Å². The highest BCUT2D eigenvalue weighted by molar-refractivity contribution is 5.75. The number of nitrogens with two attached hydrogens (primary N) is 1. The Morgan fingerprint density at radius 1 is 1.10 bits per heavy atom. The molecule has 0 fully saturated rings. The number of rotatable bonds is 12. The van der Waals surface area contributed by atoms with E-state index in [1.165, 1.54) is 0 Å². The first kappa shape index (κ1) is 19.4. The van der Waals surface area contributed by atoms with Gasteiger partial charge in [-0.2, -0.15) is 0 Å². The lowest BCUT2D eigenvalue weighted by molar-refractivity contribution is -0.121. The minimum atomic E-state index is 0.125. The minimum Gasteiger partial charge on any atom is -0.380 e. The Bertz CT molecular complexity index is 243. The summed E-state index contributed by atoms with van der Waals surface area (Å²) >= 11 is 0. The topological polar surface area (TPSA) is 64.3 Å². The minimum absolute atomic E-state index is 0.125. The van der Waals surface area contributed by atoms with Crippen molar-refractivity contribution in [1.29, 1.82) is 0 Å². The van der Waals surface area contributed by atoms with Crippen LogP contribution < -0.4 is 11.1 Å². The first-order valence-electron chi connectivity index (χ1n) is 8.01. The number of amides is 1. The van der Waals surface area contributed by atoms with Crippen molar-refractivity contribution >= 4 is 5.91 Å². The van der Waals surface area contributed by atoms with Gasteiger partial charge < -0.3 is 15.8 Å². The van der Waals surface area contributed by atoms with E-state index in [4.69, 9.17) is 10.5 Å². The lowest BCUT2D eigenvalue weighted by Crippen LogP contribution is -2.28. The lowest BCUT2D eigenvalue weighted by Gasteiger charge is -2.19. The summed E-state index contributed by atoms with van der Waals surface area (Å²) in [6.45, 7) is 11.4. The molecule has 0 aliphatic carbocycles. The van der Waals surface area contributed by atoms with Crippen LogP contribution in [0, 0.1) is 17.8 Å². The molecule has 20 heavy (non-hydrogen) atoms. The molecule has 0 aromatic carbocycles. The Kier molecular flexibility index (Phi) is 11.8. The molecule has 0 aliphatic heterocycles. The molecule has 0 aromatic rings. The summed E-state index contributed by atoms with van der Waals surface area (Å²) in [6.07, 6.45) is 3.59. The van der Waals surface area contributed by atoms with Crippen LogP contribution in [0.1, 0.15) is 53.4 Å². The zero-order chi connectivity index (χ0) is 15.4. The highest BCUT2D eigenvalue weighted by Crippen LogP contribution is 2.20. The van der Waals surface area contributed by atoms with E-state index in [2.05, 4.69) is 33.0 Å². The van der Waals surface area contributed by atoms with Gasteiger partial charge in [0.25, 0.3) is 0 Å². The normalized spacial score (nSPS) is 12.9. The Balaban J connectivity index is 3.57. The molecule has 120 valence electrons. The van der Waals surface area contributed by atoms with Gasteiger partial charge in [-0.3, -0.25) is 4.79 Å². The zero-order valence-electron chi connectivity index (χ0n) is 13.8. The molecule has 1 atom stereocenters. The molecular weight excluding hydrogens is 252 g/mol. The van der Waals surface area contributed by atoms with E-state index in [0.717, 1.165) is 25.9 Å². The summed E-state index contributed by atoms with van der Waals surface area (Å²) in [5.41, 5.74) is 5.60. The smallest absolute Gasteiger partial charge is 0.220 e. The average Bonchev–Trinajstić information content (AvgIpc) is 2.37. The van der Waals surface area contributed by atoms with Crippen molar-refractivity contribution in [2.45, 2.75) is 53.4 Å². The molecule has 1 unspecified atom stereocenters. The number of hydrogen-bond donors (Lipinski definition) is 2. The van der Waals surface area contributed by atoms with Gasteiger partial charge in [0, 0.05) is 19.6 Å². The van der Waals surface area contributed by atoms with E-state index in [1.807, 2.05) is 0 Å². The Hall–Kier alpha value is -0.610. The van der Waals surface area contributed by atoms with Gasteiger partial charge in [-0.05, 0) is 43.6 Å². The number of carbonyl (C=O) groups is 1. The SMILES string of the molecule is CC(C)CCOCCNC(=O)CCC(CCN)C(C)C. The second kappa shape index (κ2) is 12.2. The molecule has 0 aromatic heterocycles.